The van der Waals surface area contributed by atoms with Crippen molar-refractivity contribution in [1.82, 2.24) is 0 Å². The minimum absolute atomic E-state index is 0.289. The summed E-state index contributed by atoms with van der Waals surface area (Å²) >= 11 is 1.79. The molecule has 1 aromatic heterocycles. The molecule has 0 bridgehead atoms. The summed E-state index contributed by atoms with van der Waals surface area (Å²) in [4.78, 5) is 1.36. The number of thiophene rings is 1. The Morgan fingerprint density at radius 2 is 2.38 bits per heavy atom. The van der Waals surface area contributed by atoms with E-state index >= 15 is 0 Å². The van der Waals surface area contributed by atoms with Gasteiger partial charge in [-0.15, -0.1) is 11.3 Å². The van der Waals surface area contributed by atoms with Crippen molar-refractivity contribution in [2.24, 2.45) is 17.6 Å². The van der Waals surface area contributed by atoms with Crippen LogP contribution in [-0.2, 0) is 0 Å². The third-order valence-electron chi connectivity index (χ3n) is 3.26. The number of nitrogens with two attached hydrogens (primary N) is 1. The molecule has 1 nitrogen and oxygen atoms in total. The second kappa shape index (κ2) is 3.81. The summed E-state index contributed by atoms with van der Waals surface area (Å²) in [7, 11) is 0. The van der Waals surface area contributed by atoms with Gasteiger partial charge in [-0.1, -0.05) is 25.8 Å². The van der Waals surface area contributed by atoms with Gasteiger partial charge in [0.1, 0.15) is 0 Å². The van der Waals surface area contributed by atoms with Gasteiger partial charge in [-0.25, -0.2) is 0 Å². The van der Waals surface area contributed by atoms with Crippen LogP contribution in [0.25, 0.3) is 0 Å². The highest BCUT2D eigenvalue weighted by Gasteiger charge is 2.29. The fraction of sp³-hybridized carbons (Fsp3) is 0.636. The van der Waals surface area contributed by atoms with Crippen LogP contribution in [0.1, 0.15) is 37.1 Å². The number of hydrogen-bond acceptors (Lipinski definition) is 2. The lowest BCUT2D eigenvalue weighted by Gasteiger charge is -2.21. The average Bonchev–Trinajstić information content (AvgIpc) is 2.72. The molecule has 0 aromatic carbocycles. The van der Waals surface area contributed by atoms with E-state index in [1.807, 2.05) is 0 Å². The summed E-state index contributed by atoms with van der Waals surface area (Å²) in [5.74, 6) is 1.54. The zero-order chi connectivity index (χ0) is 9.26. The summed E-state index contributed by atoms with van der Waals surface area (Å²) in [5.41, 5.74) is 6.25. The molecule has 0 saturated heterocycles. The van der Waals surface area contributed by atoms with E-state index in [1.165, 1.54) is 24.1 Å². The van der Waals surface area contributed by atoms with Gasteiger partial charge < -0.3 is 5.73 Å². The summed E-state index contributed by atoms with van der Waals surface area (Å²) in [5, 5.41) is 2.12. The Balaban J connectivity index is 2.08. The molecule has 1 heterocycles. The van der Waals surface area contributed by atoms with Crippen LogP contribution in [0.3, 0.4) is 0 Å². The van der Waals surface area contributed by atoms with E-state index in [9.17, 15) is 0 Å². The van der Waals surface area contributed by atoms with Crippen LogP contribution < -0.4 is 5.73 Å². The quantitative estimate of drug-likeness (QED) is 0.770. The lowest BCUT2D eigenvalue weighted by atomic mass is 9.90. The van der Waals surface area contributed by atoms with Gasteiger partial charge in [-0.2, -0.15) is 0 Å². The first-order valence-corrected chi connectivity index (χ1v) is 5.96. The first kappa shape index (κ1) is 9.22. The molecule has 72 valence electrons. The lowest BCUT2D eigenvalue weighted by Crippen LogP contribution is -2.22. The molecule has 0 amide bonds. The standard InChI is InChI=1S/C11H17NS/c1-8-4-2-5-9(8)11(12)10-6-3-7-13-10/h3,6-9,11H,2,4-5,12H2,1H3. The third-order valence-corrected chi connectivity index (χ3v) is 4.23. The summed E-state index contributed by atoms with van der Waals surface area (Å²) < 4.78 is 0. The van der Waals surface area contributed by atoms with Crippen molar-refractivity contribution in [3.05, 3.63) is 22.4 Å². The van der Waals surface area contributed by atoms with E-state index in [1.54, 1.807) is 11.3 Å². The normalized spacial score (nSPS) is 30.6. The SMILES string of the molecule is CC1CCCC1C(N)c1cccs1. The van der Waals surface area contributed by atoms with Crippen molar-refractivity contribution in [3.8, 4) is 0 Å². The number of rotatable bonds is 2. The van der Waals surface area contributed by atoms with Crippen LogP contribution in [0.4, 0.5) is 0 Å². The molecule has 2 heteroatoms. The van der Waals surface area contributed by atoms with Gasteiger partial charge in [0.15, 0.2) is 0 Å². The van der Waals surface area contributed by atoms with Crippen molar-refractivity contribution in [2.75, 3.05) is 0 Å². The Kier molecular flexibility index (Phi) is 2.70. The molecular weight excluding hydrogens is 178 g/mol. The van der Waals surface area contributed by atoms with Gasteiger partial charge in [-0.3, -0.25) is 0 Å². The highest BCUT2D eigenvalue weighted by atomic mass is 32.1. The van der Waals surface area contributed by atoms with E-state index in [0.717, 1.165) is 11.8 Å². The molecule has 3 unspecified atom stereocenters. The van der Waals surface area contributed by atoms with Crippen molar-refractivity contribution in [2.45, 2.75) is 32.2 Å². The molecule has 2 N–H and O–H groups in total. The molecule has 1 aromatic rings. The van der Waals surface area contributed by atoms with Crippen molar-refractivity contribution in [1.29, 1.82) is 0 Å². The monoisotopic (exact) mass is 195 g/mol. The fourth-order valence-corrected chi connectivity index (χ4v) is 3.20. The minimum atomic E-state index is 0.289. The van der Waals surface area contributed by atoms with E-state index < -0.39 is 0 Å². The average molecular weight is 195 g/mol. The first-order valence-electron chi connectivity index (χ1n) is 5.08. The van der Waals surface area contributed by atoms with Crippen LogP contribution in [0.2, 0.25) is 0 Å². The van der Waals surface area contributed by atoms with Crippen molar-refractivity contribution in [3.63, 3.8) is 0 Å². The van der Waals surface area contributed by atoms with Gasteiger partial charge in [0.25, 0.3) is 0 Å². The van der Waals surface area contributed by atoms with E-state index in [-0.39, 0.29) is 6.04 Å². The summed E-state index contributed by atoms with van der Waals surface area (Å²) in [6.45, 7) is 2.34. The Morgan fingerprint density at radius 1 is 1.54 bits per heavy atom. The highest BCUT2D eigenvalue weighted by molar-refractivity contribution is 7.10. The predicted octanol–water partition coefficient (Wildman–Crippen LogP) is 3.18. The second-order valence-electron chi connectivity index (χ2n) is 4.11. The molecule has 13 heavy (non-hydrogen) atoms. The molecule has 1 aliphatic rings. The van der Waals surface area contributed by atoms with Crippen LogP contribution in [0.5, 0.6) is 0 Å². The molecule has 1 fully saturated rings. The molecular formula is C11H17NS. The zero-order valence-electron chi connectivity index (χ0n) is 8.07. The van der Waals surface area contributed by atoms with Gasteiger partial charge in [-0.05, 0) is 29.7 Å². The lowest BCUT2D eigenvalue weighted by molar-refractivity contribution is 0.354. The Hall–Kier alpha value is -0.340. The van der Waals surface area contributed by atoms with Gasteiger partial charge in [0.05, 0.1) is 0 Å². The molecule has 0 aliphatic heterocycles. The smallest absolute Gasteiger partial charge is 0.0420 e. The Bertz CT molecular complexity index is 255. The van der Waals surface area contributed by atoms with E-state index in [2.05, 4.69) is 24.4 Å². The Morgan fingerprint density at radius 3 is 2.92 bits per heavy atom. The summed E-state index contributed by atoms with van der Waals surface area (Å²) in [6.07, 6.45) is 4.05. The van der Waals surface area contributed by atoms with Crippen LogP contribution in [0, 0.1) is 11.8 Å². The Labute approximate surface area is 84.0 Å². The van der Waals surface area contributed by atoms with Crippen molar-refractivity contribution >= 4 is 11.3 Å². The molecule has 0 radical (unpaired) electrons. The largest absolute Gasteiger partial charge is 0.323 e. The first-order chi connectivity index (χ1) is 6.29. The van der Waals surface area contributed by atoms with Crippen LogP contribution in [-0.4, -0.2) is 0 Å². The summed E-state index contributed by atoms with van der Waals surface area (Å²) in [6, 6.07) is 4.55. The molecule has 2 rings (SSSR count). The molecule has 0 spiro atoms. The predicted molar refractivity (Wildman–Crippen MR) is 57.8 cm³/mol. The van der Waals surface area contributed by atoms with Gasteiger partial charge >= 0.3 is 0 Å². The van der Waals surface area contributed by atoms with Gasteiger partial charge in [0.2, 0.25) is 0 Å². The van der Waals surface area contributed by atoms with Gasteiger partial charge in [0, 0.05) is 10.9 Å². The molecule has 3 atom stereocenters. The third kappa shape index (κ3) is 1.79. The molecule has 1 saturated carbocycles. The maximum Gasteiger partial charge on any atom is 0.0420 e. The van der Waals surface area contributed by atoms with Crippen LogP contribution in [0.15, 0.2) is 17.5 Å². The van der Waals surface area contributed by atoms with E-state index in [0.29, 0.717) is 0 Å². The highest BCUT2D eigenvalue weighted by Crippen LogP contribution is 2.39. The minimum Gasteiger partial charge on any atom is -0.323 e. The fourth-order valence-electron chi connectivity index (χ4n) is 2.40. The maximum absolute atomic E-state index is 6.25. The zero-order valence-corrected chi connectivity index (χ0v) is 8.89. The second-order valence-corrected chi connectivity index (χ2v) is 5.09. The topological polar surface area (TPSA) is 26.0 Å². The molecule has 1 aliphatic carbocycles. The van der Waals surface area contributed by atoms with Crippen LogP contribution >= 0.6 is 11.3 Å². The van der Waals surface area contributed by atoms with Crippen molar-refractivity contribution < 1.29 is 0 Å². The van der Waals surface area contributed by atoms with E-state index in [4.69, 9.17) is 5.73 Å². The maximum atomic E-state index is 6.25. The number of hydrogen-bond donors (Lipinski definition) is 1.